The number of hydrogen-bond donors (Lipinski definition) is 0. The molecule has 0 radical (unpaired) electrons. The fraction of sp³-hybridized carbons (Fsp3) is 0.398. The highest BCUT2D eigenvalue weighted by Crippen LogP contribution is 2.56. The number of rotatable bonds is 8. The van der Waals surface area contributed by atoms with E-state index >= 15 is 0 Å². The van der Waals surface area contributed by atoms with Crippen LogP contribution in [-0.2, 0) is 60.7 Å². The van der Waals surface area contributed by atoms with Gasteiger partial charge in [0, 0.05) is 115 Å². The molecule has 0 amide bonds. The Balaban J connectivity index is 0.000000113. The third kappa shape index (κ3) is 10.5. The number of benzene rings is 7. The highest BCUT2D eigenvalue weighted by Gasteiger charge is 2.54. The smallest absolute Gasteiger partial charge is 0.296 e. The molecule has 0 atom stereocenters. The largest absolute Gasteiger partial charge is 0.491 e. The van der Waals surface area contributed by atoms with E-state index in [0.717, 1.165) is 34.1 Å². The van der Waals surface area contributed by atoms with Crippen molar-refractivity contribution >= 4 is 109 Å². The first-order chi connectivity index (χ1) is 52.2. The van der Waals surface area contributed by atoms with Crippen molar-refractivity contribution < 1.29 is 37.3 Å². The monoisotopic (exact) mass is 1480 g/mol. The second-order valence-corrected chi connectivity index (χ2v) is 36.7. The Morgan fingerprint density at radius 1 is 0.333 bits per heavy atom. The van der Waals surface area contributed by atoms with E-state index in [1.165, 1.54) is 160 Å². The number of aryl methyl sites for hydroxylation is 9. The zero-order valence-electron chi connectivity index (χ0n) is 71.3. The number of pyridine rings is 5. The van der Waals surface area contributed by atoms with Crippen LogP contribution in [-0.4, -0.2) is 47.1 Å². The summed E-state index contributed by atoms with van der Waals surface area (Å²) in [7, 11) is 8.59. The predicted molar refractivity (Wildman–Crippen MR) is 457 cm³/mol. The average Bonchev–Trinajstić information content (AvgIpc) is 1.61. The number of ether oxygens (including phenoxy) is 4. The topological polar surface area (TPSA) is 83.0 Å². The fourth-order valence-electron chi connectivity index (χ4n) is 19.4. The molecule has 13 nitrogen and oxygen atoms in total. The third-order valence-corrected chi connectivity index (χ3v) is 27.2. The van der Waals surface area contributed by atoms with Crippen LogP contribution < -0.4 is 37.3 Å². The van der Waals surface area contributed by atoms with Crippen molar-refractivity contribution in [3.8, 4) is 23.0 Å². The molecule has 0 fully saturated rings. The predicted octanol–water partition coefficient (Wildman–Crippen LogP) is 21.1. The Hall–Kier alpha value is -10.3. The molecule has 19 rings (SSSR count). The summed E-state index contributed by atoms with van der Waals surface area (Å²) in [5.41, 5.74) is 25.7. The summed E-state index contributed by atoms with van der Waals surface area (Å²) in [4.78, 5) is 4.92. The van der Waals surface area contributed by atoms with E-state index in [2.05, 4.69) is 377 Å². The van der Waals surface area contributed by atoms with Gasteiger partial charge in [-0.2, -0.15) is 13.2 Å². The maximum absolute atomic E-state index is 6.18. The van der Waals surface area contributed by atoms with Crippen molar-refractivity contribution in [2.75, 3.05) is 0 Å². The van der Waals surface area contributed by atoms with Crippen molar-refractivity contribution in [1.29, 1.82) is 0 Å². The number of hydrogen-bond acceptors (Lipinski definition) is 5. The lowest BCUT2D eigenvalue weighted by Crippen LogP contribution is -2.44. The Morgan fingerprint density at radius 3 is 1.23 bits per heavy atom. The second-order valence-electron chi connectivity index (χ2n) is 36.7. The van der Waals surface area contributed by atoms with Crippen molar-refractivity contribution in [2.24, 2.45) is 28.2 Å². The van der Waals surface area contributed by atoms with E-state index in [0.29, 0.717) is 0 Å². The Kier molecular flexibility index (Phi) is 17.1. The zero-order chi connectivity index (χ0) is 79.6. The first-order valence-electron chi connectivity index (χ1n) is 40.2. The molecule has 0 saturated heterocycles. The van der Waals surface area contributed by atoms with Gasteiger partial charge >= 0.3 is 0 Å². The normalized spacial score (nSPS) is 16.0. The summed E-state index contributed by atoms with van der Waals surface area (Å²) >= 11 is 0. The van der Waals surface area contributed by atoms with Gasteiger partial charge in [-0.05, 0) is 143 Å². The minimum Gasteiger partial charge on any atom is -0.491 e. The molecular weight excluding hydrogens is 1370 g/mol. The Labute approximate surface area is 654 Å². The van der Waals surface area contributed by atoms with Crippen molar-refractivity contribution in [3.05, 3.63) is 208 Å². The highest BCUT2D eigenvalue weighted by atomic mass is 16.5. The number of imidazole rings is 3. The van der Waals surface area contributed by atoms with Gasteiger partial charge in [0.2, 0.25) is 0 Å². The van der Waals surface area contributed by atoms with Gasteiger partial charge in [0.15, 0.2) is 30.3 Å². The van der Waals surface area contributed by atoms with Gasteiger partial charge < -0.3 is 18.9 Å². The summed E-state index contributed by atoms with van der Waals surface area (Å²) in [5.74, 6) is 3.78. The van der Waals surface area contributed by atoms with E-state index < -0.39 is 0 Å². The second kappa shape index (κ2) is 25.4. The molecule has 3 aliphatic rings. The first kappa shape index (κ1) is 74.8. The average molecular weight is 1480 g/mol. The molecule has 111 heavy (non-hydrogen) atoms. The Bertz CT molecular complexity index is 6450. The molecule has 0 N–H and O–H groups in total. The van der Waals surface area contributed by atoms with E-state index in [4.69, 9.17) is 23.9 Å². The van der Waals surface area contributed by atoms with Gasteiger partial charge in [-0.25, -0.2) is 13.7 Å². The zero-order valence-corrected chi connectivity index (χ0v) is 71.3. The lowest BCUT2D eigenvalue weighted by atomic mass is 9.60. The molecule has 13 heteroatoms. The van der Waals surface area contributed by atoms with Crippen LogP contribution in [0.4, 0.5) is 0 Å². The summed E-state index contributed by atoms with van der Waals surface area (Å²) in [5, 5.41) is 14.1. The molecule has 16 aromatic rings. The van der Waals surface area contributed by atoms with Crippen LogP contribution in [0.1, 0.15) is 200 Å². The SMILES string of the molecule is Cc1c(OC(C)C)ccc2c3cccc4c3n3c(c[n+](C)c3c12)C(C)(C)C4(C)C.Cc1c(OC(C)C)ccc2c3ccccc3c3cc[n+](C)n3c12.Cc1c(OC(C)C)cnc2c3cccc4c3n3c(c[n+](C)c3c12)C(C)(C)C4(C)C.Cc1ccc2c3c1c1ccc(OC(C)C)c(C)c1c1n3c(c[n+]1C)C(C)(C)C2(C)C. The summed E-state index contributed by atoms with van der Waals surface area (Å²) in [6.45, 7) is 56.1. The molecule has 7 aromatic carbocycles. The van der Waals surface area contributed by atoms with Crippen LogP contribution in [0.15, 0.2) is 146 Å². The molecule has 0 spiro atoms. The molecule has 0 bridgehead atoms. The lowest BCUT2D eigenvalue weighted by molar-refractivity contribution is -0.735. The Morgan fingerprint density at radius 2 is 0.721 bits per heavy atom. The minimum absolute atomic E-state index is 0.0000108. The summed E-state index contributed by atoms with van der Waals surface area (Å²) in [6, 6.07) is 42.1. The van der Waals surface area contributed by atoms with Crippen molar-refractivity contribution in [3.63, 3.8) is 0 Å². The first-order valence-corrected chi connectivity index (χ1v) is 40.2. The third-order valence-electron chi connectivity index (χ3n) is 27.2. The molecular formula is C98H115N9O4+4. The van der Waals surface area contributed by atoms with Crippen LogP contribution >= 0.6 is 0 Å². The van der Waals surface area contributed by atoms with Crippen molar-refractivity contribution in [2.45, 2.75) is 230 Å². The van der Waals surface area contributed by atoms with Gasteiger partial charge in [-0.1, -0.05) is 150 Å². The number of fused-ring (bicyclic) bond motifs is 15. The van der Waals surface area contributed by atoms with Crippen LogP contribution in [0.2, 0.25) is 0 Å². The maximum Gasteiger partial charge on any atom is 0.296 e. The van der Waals surface area contributed by atoms with Gasteiger partial charge in [0.05, 0.1) is 73.4 Å². The number of nitrogens with zero attached hydrogens (tertiary/aromatic N) is 9. The quantitative estimate of drug-likeness (QED) is 0.112. The van der Waals surface area contributed by atoms with Gasteiger partial charge in [-0.3, -0.25) is 4.98 Å². The van der Waals surface area contributed by atoms with Gasteiger partial charge in [-0.15, -0.1) is 9.20 Å². The van der Waals surface area contributed by atoms with Crippen LogP contribution in [0, 0.1) is 34.6 Å². The summed E-state index contributed by atoms with van der Waals surface area (Å²) in [6.07, 6.45) is 11.6. The van der Waals surface area contributed by atoms with E-state index in [1.54, 1.807) is 0 Å². The van der Waals surface area contributed by atoms with Crippen molar-refractivity contribution in [1.82, 2.24) is 22.7 Å². The molecule has 9 aromatic heterocycles. The fourth-order valence-corrected chi connectivity index (χ4v) is 19.4. The molecule has 0 unspecified atom stereocenters. The molecule has 12 heterocycles. The van der Waals surface area contributed by atoms with Crippen LogP contribution in [0.25, 0.3) is 109 Å². The van der Waals surface area contributed by atoms with Gasteiger partial charge in [0.25, 0.3) is 16.9 Å². The highest BCUT2D eigenvalue weighted by molar-refractivity contribution is 6.17. The number of para-hydroxylation sites is 2. The number of aromatic nitrogens is 9. The van der Waals surface area contributed by atoms with Crippen LogP contribution in [0.3, 0.4) is 0 Å². The molecule has 3 aliphatic heterocycles. The van der Waals surface area contributed by atoms with E-state index in [-0.39, 0.29) is 56.9 Å². The van der Waals surface area contributed by atoms with Crippen LogP contribution in [0.5, 0.6) is 23.0 Å². The molecule has 0 saturated carbocycles. The van der Waals surface area contributed by atoms with E-state index in [9.17, 15) is 0 Å². The lowest BCUT2D eigenvalue weighted by Gasteiger charge is -2.43. The standard InChI is InChI=1S/C27H33N2O.C26H31N2O.C25H30N3O.C20H21N2O/c1-15(2)30-20-13-11-18-22-16(3)10-12-19-24(22)29-21(27(7,8)26(19,5)6)14-28(9)25(29)23(18)17(20)4;1-15(2)29-20-13-12-17-18-10-9-11-19-23(18)28-21(26(6,7)25(19,4)5)14-27(8)24(28)22(17)16(20)3;1-14(2)29-18-12-26-21-16-10-9-11-17-22(16)28-19(25(6,7)24(17,4)5)13-27(8)23(28)20(21)15(18)3;1-13(2)23-19-10-9-17-15-7-5-6-8-16(15)18-11-12-21(4)22(18)20(17)14(19)3/h10-15H,1-9H3;9-15H,1-8H3;9-14H,1-8H3;5-13H,1-4H3/q4*+1. The van der Waals surface area contributed by atoms with Gasteiger partial charge in [0.1, 0.15) is 69.2 Å². The molecule has 0 aliphatic carbocycles. The van der Waals surface area contributed by atoms with E-state index in [1.807, 2.05) is 6.20 Å². The maximum atomic E-state index is 6.18. The molecule has 572 valence electrons. The minimum atomic E-state index is -0.0144. The summed E-state index contributed by atoms with van der Waals surface area (Å²) < 4.78 is 43.3.